The fraction of sp³-hybridized carbons (Fsp3) is 0. The van der Waals surface area contributed by atoms with Crippen LogP contribution in [0.4, 0.5) is 8.78 Å². The fourth-order valence-corrected chi connectivity index (χ4v) is 2.36. The minimum Gasteiger partial charge on any atom is -0.250 e. The van der Waals surface area contributed by atoms with Gasteiger partial charge in [-0.3, -0.25) is 0 Å². The quantitative estimate of drug-likeness (QED) is 0.561. The third-order valence-electron chi connectivity index (χ3n) is 3.07. The zero-order valence-electron chi connectivity index (χ0n) is 11.5. The standard InChI is InChI=1S/C15H9ClF2N4S/c16-11-5-3-7-13(18)10(11)8-19-22-14(20-21-15(22)23)9-4-1-2-6-12(9)17/h1-8H,(H,21,23). The van der Waals surface area contributed by atoms with Crippen molar-refractivity contribution in [2.75, 3.05) is 0 Å². The van der Waals surface area contributed by atoms with Gasteiger partial charge < -0.3 is 0 Å². The van der Waals surface area contributed by atoms with Gasteiger partial charge in [-0.05, 0) is 36.5 Å². The molecular weight excluding hydrogens is 342 g/mol. The normalized spacial score (nSPS) is 11.3. The van der Waals surface area contributed by atoms with Crippen LogP contribution in [0, 0.1) is 16.4 Å². The van der Waals surface area contributed by atoms with Gasteiger partial charge in [0.05, 0.1) is 16.8 Å². The van der Waals surface area contributed by atoms with Crippen molar-refractivity contribution in [2.45, 2.75) is 0 Å². The van der Waals surface area contributed by atoms with Gasteiger partial charge in [0.1, 0.15) is 11.6 Å². The number of nitrogens with one attached hydrogen (secondary N) is 1. The molecule has 1 N–H and O–H groups in total. The number of hydrogen-bond donors (Lipinski definition) is 1. The van der Waals surface area contributed by atoms with Crippen molar-refractivity contribution in [3.63, 3.8) is 0 Å². The van der Waals surface area contributed by atoms with Gasteiger partial charge >= 0.3 is 0 Å². The van der Waals surface area contributed by atoms with Gasteiger partial charge in [-0.15, -0.1) is 0 Å². The molecule has 2 aromatic carbocycles. The second kappa shape index (κ2) is 6.39. The van der Waals surface area contributed by atoms with Crippen LogP contribution in [0.25, 0.3) is 11.4 Å². The Hall–Kier alpha value is -2.38. The van der Waals surface area contributed by atoms with E-state index in [4.69, 9.17) is 23.8 Å². The van der Waals surface area contributed by atoms with Gasteiger partial charge in [0, 0.05) is 5.56 Å². The summed E-state index contributed by atoms with van der Waals surface area (Å²) in [6, 6.07) is 10.4. The van der Waals surface area contributed by atoms with Crippen molar-refractivity contribution in [3.05, 3.63) is 69.5 Å². The van der Waals surface area contributed by atoms with Gasteiger partial charge in [0.25, 0.3) is 0 Å². The van der Waals surface area contributed by atoms with Crippen LogP contribution in [-0.2, 0) is 0 Å². The summed E-state index contributed by atoms with van der Waals surface area (Å²) in [7, 11) is 0. The van der Waals surface area contributed by atoms with Crippen LogP contribution in [0.1, 0.15) is 5.56 Å². The van der Waals surface area contributed by atoms with E-state index in [9.17, 15) is 8.78 Å². The highest BCUT2D eigenvalue weighted by atomic mass is 35.5. The number of halogens is 3. The summed E-state index contributed by atoms with van der Waals surface area (Å²) in [6.45, 7) is 0. The minimum absolute atomic E-state index is 0.108. The summed E-state index contributed by atoms with van der Waals surface area (Å²) in [4.78, 5) is 0. The smallest absolute Gasteiger partial charge is 0.216 e. The van der Waals surface area contributed by atoms with Crippen LogP contribution in [0.2, 0.25) is 5.02 Å². The van der Waals surface area contributed by atoms with E-state index in [2.05, 4.69) is 15.3 Å². The van der Waals surface area contributed by atoms with E-state index < -0.39 is 11.6 Å². The van der Waals surface area contributed by atoms with Gasteiger partial charge in [-0.2, -0.15) is 14.9 Å². The molecule has 0 aliphatic heterocycles. The van der Waals surface area contributed by atoms with Crippen LogP contribution >= 0.6 is 23.8 Å². The topological polar surface area (TPSA) is 46.0 Å². The lowest BCUT2D eigenvalue weighted by Crippen LogP contribution is -1.98. The van der Waals surface area contributed by atoms with Crippen LogP contribution in [0.15, 0.2) is 47.6 Å². The van der Waals surface area contributed by atoms with Crippen molar-refractivity contribution in [3.8, 4) is 11.4 Å². The molecular formula is C15H9ClF2N4S. The highest BCUT2D eigenvalue weighted by Crippen LogP contribution is 2.21. The van der Waals surface area contributed by atoms with E-state index in [0.29, 0.717) is 0 Å². The van der Waals surface area contributed by atoms with Crippen molar-refractivity contribution in [1.29, 1.82) is 0 Å². The Morgan fingerprint density at radius 2 is 1.87 bits per heavy atom. The zero-order chi connectivity index (χ0) is 16.4. The van der Waals surface area contributed by atoms with Crippen molar-refractivity contribution in [1.82, 2.24) is 14.9 Å². The zero-order valence-corrected chi connectivity index (χ0v) is 13.1. The summed E-state index contributed by atoms with van der Waals surface area (Å²) in [5.74, 6) is -0.817. The van der Waals surface area contributed by atoms with E-state index in [0.717, 1.165) is 0 Å². The summed E-state index contributed by atoms with van der Waals surface area (Å²) in [5.41, 5.74) is 0.327. The Morgan fingerprint density at radius 3 is 2.61 bits per heavy atom. The molecule has 0 amide bonds. The number of H-pyrrole nitrogens is 1. The molecule has 0 atom stereocenters. The fourth-order valence-electron chi connectivity index (χ4n) is 1.97. The number of rotatable bonds is 3. The first kappa shape index (κ1) is 15.5. The molecule has 0 spiro atoms. The predicted octanol–water partition coefficient (Wildman–Crippen LogP) is 4.42. The minimum atomic E-state index is -0.524. The second-order valence-electron chi connectivity index (χ2n) is 4.52. The number of aromatic amines is 1. The molecule has 3 aromatic rings. The van der Waals surface area contributed by atoms with Crippen molar-refractivity contribution < 1.29 is 8.78 Å². The summed E-state index contributed by atoms with van der Waals surface area (Å²) >= 11 is 11.0. The average molecular weight is 351 g/mol. The molecule has 0 aliphatic carbocycles. The largest absolute Gasteiger partial charge is 0.250 e. The van der Waals surface area contributed by atoms with Crippen molar-refractivity contribution in [2.24, 2.45) is 5.10 Å². The Kier molecular flexibility index (Phi) is 4.31. The van der Waals surface area contributed by atoms with E-state index in [-0.39, 0.29) is 26.7 Å². The summed E-state index contributed by atoms with van der Waals surface area (Å²) in [6.07, 6.45) is 1.22. The third-order valence-corrected chi connectivity index (χ3v) is 3.66. The van der Waals surface area contributed by atoms with Gasteiger partial charge in [0.2, 0.25) is 4.77 Å². The summed E-state index contributed by atoms with van der Waals surface area (Å²) in [5, 5.41) is 10.8. The number of benzene rings is 2. The van der Waals surface area contributed by atoms with Crippen molar-refractivity contribution >= 4 is 30.0 Å². The van der Waals surface area contributed by atoms with E-state index >= 15 is 0 Å². The Morgan fingerprint density at radius 1 is 1.13 bits per heavy atom. The first-order chi connectivity index (χ1) is 11.1. The average Bonchev–Trinajstić information content (AvgIpc) is 2.88. The predicted molar refractivity (Wildman–Crippen MR) is 87.2 cm³/mol. The Balaban J connectivity index is 2.09. The molecule has 0 saturated heterocycles. The molecule has 1 aromatic heterocycles. The Labute approximate surface area is 140 Å². The van der Waals surface area contributed by atoms with Crippen LogP contribution in [0.3, 0.4) is 0 Å². The number of hydrogen-bond acceptors (Lipinski definition) is 3. The lowest BCUT2D eigenvalue weighted by Gasteiger charge is -2.03. The van der Waals surface area contributed by atoms with Gasteiger partial charge in [-0.25, -0.2) is 13.9 Å². The molecule has 0 fully saturated rings. The molecule has 1 heterocycles. The highest BCUT2D eigenvalue weighted by Gasteiger charge is 2.12. The molecule has 8 heteroatoms. The molecule has 0 saturated carbocycles. The molecule has 23 heavy (non-hydrogen) atoms. The molecule has 0 radical (unpaired) electrons. The maximum absolute atomic E-state index is 13.9. The van der Waals surface area contributed by atoms with Crippen LogP contribution < -0.4 is 0 Å². The molecule has 0 aliphatic rings. The maximum atomic E-state index is 13.9. The van der Waals surface area contributed by atoms with E-state index in [1.165, 1.54) is 29.1 Å². The third kappa shape index (κ3) is 3.06. The lowest BCUT2D eigenvalue weighted by molar-refractivity contribution is 0.625. The molecule has 116 valence electrons. The molecule has 0 unspecified atom stereocenters. The maximum Gasteiger partial charge on any atom is 0.216 e. The molecule has 0 bridgehead atoms. The molecule has 4 nitrogen and oxygen atoms in total. The second-order valence-corrected chi connectivity index (χ2v) is 5.32. The van der Waals surface area contributed by atoms with E-state index in [1.807, 2.05) is 0 Å². The molecule has 3 rings (SSSR count). The van der Waals surface area contributed by atoms with Crippen LogP contribution in [-0.4, -0.2) is 21.1 Å². The summed E-state index contributed by atoms with van der Waals surface area (Å²) < 4.78 is 29.0. The van der Waals surface area contributed by atoms with Gasteiger partial charge in [0.15, 0.2) is 5.82 Å². The first-order valence-electron chi connectivity index (χ1n) is 6.48. The first-order valence-corrected chi connectivity index (χ1v) is 7.27. The van der Waals surface area contributed by atoms with Gasteiger partial charge in [-0.1, -0.05) is 29.8 Å². The van der Waals surface area contributed by atoms with Crippen LogP contribution in [0.5, 0.6) is 0 Å². The number of nitrogens with zero attached hydrogens (tertiary/aromatic N) is 3. The Bertz CT molecular complexity index is 928. The van der Waals surface area contributed by atoms with E-state index in [1.54, 1.807) is 24.3 Å². The number of aromatic nitrogens is 3. The highest BCUT2D eigenvalue weighted by molar-refractivity contribution is 7.71. The lowest BCUT2D eigenvalue weighted by atomic mass is 10.2. The SMILES string of the molecule is Fc1ccccc1-c1n[nH]c(=S)n1N=Cc1c(F)cccc1Cl. The monoisotopic (exact) mass is 350 g/mol.